The van der Waals surface area contributed by atoms with E-state index < -0.39 is 0 Å². The van der Waals surface area contributed by atoms with Gasteiger partial charge in [0.15, 0.2) is 16.7 Å². The molecule has 0 saturated carbocycles. The van der Waals surface area contributed by atoms with Gasteiger partial charge in [0, 0.05) is 5.02 Å². The molecule has 0 spiro atoms. The summed E-state index contributed by atoms with van der Waals surface area (Å²) in [6.07, 6.45) is 1.89. The minimum atomic E-state index is -0.0679. The highest BCUT2D eigenvalue weighted by molar-refractivity contribution is 8.18. The summed E-state index contributed by atoms with van der Waals surface area (Å²) in [5, 5.41) is 1.38. The van der Waals surface area contributed by atoms with Crippen molar-refractivity contribution in [2.75, 3.05) is 6.61 Å². The van der Waals surface area contributed by atoms with Crippen LogP contribution >= 0.6 is 23.4 Å². The maximum Gasteiger partial charge on any atom is 0.267 e. The Hall–Kier alpha value is -4.00. The van der Waals surface area contributed by atoms with Gasteiger partial charge in [0.2, 0.25) is 0 Å². The van der Waals surface area contributed by atoms with E-state index >= 15 is 0 Å². The second kappa shape index (κ2) is 13.4. The number of nitrogens with zero attached hydrogens (tertiary/aromatic N) is 2. The summed E-state index contributed by atoms with van der Waals surface area (Å²) in [6, 6.07) is 33.3. The number of amidine groups is 1. The summed E-state index contributed by atoms with van der Waals surface area (Å²) in [5.41, 5.74) is 4.00. The average molecular weight is 569 g/mol. The Balaban J connectivity index is 1.38. The van der Waals surface area contributed by atoms with Crippen LogP contribution in [0.1, 0.15) is 29.2 Å². The van der Waals surface area contributed by atoms with Gasteiger partial charge in [0.25, 0.3) is 5.91 Å². The Kier molecular flexibility index (Phi) is 9.22. The second-order valence-corrected chi connectivity index (χ2v) is 10.6. The molecule has 0 radical (unpaired) electrons. The quantitative estimate of drug-likeness (QED) is 0.182. The van der Waals surface area contributed by atoms with Gasteiger partial charge < -0.3 is 9.47 Å². The van der Waals surface area contributed by atoms with Crippen LogP contribution in [0.15, 0.2) is 113 Å². The first-order valence-corrected chi connectivity index (χ1v) is 14.3. The van der Waals surface area contributed by atoms with E-state index in [0.717, 1.165) is 22.3 Å². The maximum absolute atomic E-state index is 13.6. The molecule has 1 aliphatic rings. The number of ether oxygens (including phenoxy) is 2. The number of carbonyl (C=O) groups excluding carboxylic acids is 1. The van der Waals surface area contributed by atoms with Gasteiger partial charge in [-0.25, -0.2) is 0 Å². The number of hydrogen-bond donors (Lipinski definition) is 0. The van der Waals surface area contributed by atoms with Crippen molar-refractivity contribution in [2.45, 2.75) is 26.6 Å². The zero-order valence-corrected chi connectivity index (χ0v) is 23.7. The average Bonchev–Trinajstić information content (AvgIpc) is 3.27. The van der Waals surface area contributed by atoms with E-state index in [9.17, 15) is 4.79 Å². The molecule has 1 aliphatic heterocycles. The molecule has 0 atom stereocenters. The van der Waals surface area contributed by atoms with Crippen molar-refractivity contribution >= 4 is 40.5 Å². The SMILES string of the molecule is CCOc1cc(/C=C2\SC(=NCc3ccccc3)N(Cc3ccccc3)C2=O)ccc1OCc1ccc(Cl)cc1. The molecule has 0 aromatic heterocycles. The Bertz CT molecular complexity index is 1510. The molecule has 5 nitrogen and oxygen atoms in total. The summed E-state index contributed by atoms with van der Waals surface area (Å²) >= 11 is 7.39. The van der Waals surface area contributed by atoms with E-state index in [0.29, 0.717) is 52.9 Å². The van der Waals surface area contributed by atoms with E-state index in [4.69, 9.17) is 26.1 Å². The van der Waals surface area contributed by atoms with Crippen molar-refractivity contribution in [2.24, 2.45) is 4.99 Å². The third kappa shape index (κ3) is 7.14. The smallest absolute Gasteiger partial charge is 0.267 e. The number of thioether (sulfide) groups is 1. The van der Waals surface area contributed by atoms with Crippen LogP contribution < -0.4 is 9.47 Å². The zero-order valence-electron chi connectivity index (χ0n) is 22.1. The van der Waals surface area contributed by atoms with Crippen molar-refractivity contribution in [3.63, 3.8) is 0 Å². The fourth-order valence-corrected chi connectivity index (χ4v) is 5.27. The lowest BCUT2D eigenvalue weighted by molar-refractivity contribution is -0.122. The zero-order chi connectivity index (χ0) is 27.7. The van der Waals surface area contributed by atoms with Gasteiger partial charge >= 0.3 is 0 Å². The normalized spacial score (nSPS) is 15.2. The molecule has 0 unspecified atom stereocenters. The van der Waals surface area contributed by atoms with Gasteiger partial charge in [-0.1, -0.05) is 90.5 Å². The Morgan fingerprint density at radius 1 is 0.825 bits per heavy atom. The molecule has 202 valence electrons. The first-order valence-electron chi connectivity index (χ1n) is 13.1. The van der Waals surface area contributed by atoms with Gasteiger partial charge in [-0.3, -0.25) is 14.7 Å². The fourth-order valence-electron chi connectivity index (χ4n) is 4.17. The van der Waals surface area contributed by atoms with Gasteiger partial charge in [0.1, 0.15) is 6.61 Å². The van der Waals surface area contributed by atoms with Gasteiger partial charge in [-0.05, 0) is 71.3 Å². The number of aliphatic imine (C=N–C) groups is 1. The highest BCUT2D eigenvalue weighted by atomic mass is 35.5. The number of hydrogen-bond acceptors (Lipinski definition) is 5. The van der Waals surface area contributed by atoms with Crippen LogP contribution in [0, 0.1) is 0 Å². The molecule has 0 aliphatic carbocycles. The lowest BCUT2D eigenvalue weighted by Crippen LogP contribution is -2.28. The van der Waals surface area contributed by atoms with Crippen LogP contribution in [0.5, 0.6) is 11.5 Å². The number of amides is 1. The summed E-state index contributed by atoms with van der Waals surface area (Å²) in [5.74, 6) is 1.20. The molecule has 40 heavy (non-hydrogen) atoms. The van der Waals surface area contributed by atoms with E-state index in [-0.39, 0.29) is 5.91 Å². The van der Waals surface area contributed by atoms with Crippen LogP contribution in [0.25, 0.3) is 6.08 Å². The lowest BCUT2D eigenvalue weighted by Gasteiger charge is -2.15. The van der Waals surface area contributed by atoms with Crippen LogP contribution in [0.2, 0.25) is 5.02 Å². The molecule has 0 bridgehead atoms. The van der Waals surface area contributed by atoms with E-state index in [2.05, 4.69) is 0 Å². The molecule has 0 N–H and O–H groups in total. The number of halogens is 1. The van der Waals surface area contributed by atoms with Gasteiger partial charge in [-0.2, -0.15) is 0 Å². The van der Waals surface area contributed by atoms with E-state index in [1.165, 1.54) is 11.8 Å². The van der Waals surface area contributed by atoms with Crippen LogP contribution in [-0.4, -0.2) is 22.6 Å². The minimum Gasteiger partial charge on any atom is -0.490 e. The monoisotopic (exact) mass is 568 g/mol. The van der Waals surface area contributed by atoms with Crippen LogP contribution in [-0.2, 0) is 24.5 Å². The first-order chi connectivity index (χ1) is 19.6. The number of benzene rings is 4. The van der Waals surface area contributed by atoms with Crippen molar-refractivity contribution in [3.05, 3.63) is 135 Å². The van der Waals surface area contributed by atoms with Crippen molar-refractivity contribution in [1.29, 1.82) is 0 Å². The summed E-state index contributed by atoms with van der Waals surface area (Å²) in [4.78, 5) is 20.8. The van der Waals surface area contributed by atoms with E-state index in [1.54, 1.807) is 4.90 Å². The summed E-state index contributed by atoms with van der Waals surface area (Å²) in [6.45, 7) is 3.78. The molecular weight excluding hydrogens is 540 g/mol. The third-order valence-electron chi connectivity index (χ3n) is 6.18. The predicted molar refractivity (Wildman–Crippen MR) is 164 cm³/mol. The number of rotatable bonds is 10. The fraction of sp³-hybridized carbons (Fsp3) is 0.152. The van der Waals surface area contributed by atoms with E-state index in [1.807, 2.05) is 116 Å². The summed E-state index contributed by atoms with van der Waals surface area (Å²) in [7, 11) is 0. The van der Waals surface area contributed by atoms with Crippen LogP contribution in [0.3, 0.4) is 0 Å². The van der Waals surface area contributed by atoms with Crippen molar-refractivity contribution < 1.29 is 14.3 Å². The van der Waals surface area contributed by atoms with Crippen LogP contribution in [0.4, 0.5) is 0 Å². The standard InChI is InChI=1S/C33H29ClN2O3S/c1-2-38-30-19-27(15-18-29(30)39-23-26-13-16-28(34)17-14-26)20-31-32(37)36(22-25-11-7-4-8-12-25)33(40-31)35-21-24-9-5-3-6-10-24/h3-20H,2,21-23H2,1H3/b31-20-,35-33?. The molecule has 4 aromatic carbocycles. The van der Waals surface area contributed by atoms with Crippen molar-refractivity contribution in [1.82, 2.24) is 4.90 Å². The Morgan fingerprint density at radius 2 is 1.52 bits per heavy atom. The molecule has 1 heterocycles. The van der Waals surface area contributed by atoms with Gasteiger partial charge in [-0.15, -0.1) is 0 Å². The second-order valence-electron chi connectivity index (χ2n) is 9.13. The minimum absolute atomic E-state index is 0.0679. The lowest BCUT2D eigenvalue weighted by atomic mass is 10.1. The summed E-state index contributed by atoms with van der Waals surface area (Å²) < 4.78 is 11.9. The molecule has 7 heteroatoms. The molecule has 1 amide bonds. The number of carbonyl (C=O) groups is 1. The van der Waals surface area contributed by atoms with Gasteiger partial charge in [0.05, 0.1) is 24.6 Å². The molecular formula is C33H29ClN2O3S. The molecule has 4 aromatic rings. The maximum atomic E-state index is 13.6. The Labute approximate surface area is 244 Å². The highest BCUT2D eigenvalue weighted by Crippen LogP contribution is 2.36. The Morgan fingerprint density at radius 3 is 2.23 bits per heavy atom. The highest BCUT2D eigenvalue weighted by Gasteiger charge is 2.33. The topological polar surface area (TPSA) is 51.1 Å². The largest absolute Gasteiger partial charge is 0.490 e. The molecule has 1 saturated heterocycles. The molecule has 5 rings (SSSR count). The third-order valence-corrected chi connectivity index (χ3v) is 7.48. The van der Waals surface area contributed by atoms with Crippen molar-refractivity contribution in [3.8, 4) is 11.5 Å². The predicted octanol–water partition coefficient (Wildman–Crippen LogP) is 7.99. The first kappa shape index (κ1) is 27.6. The molecule has 1 fully saturated rings.